The van der Waals surface area contributed by atoms with E-state index in [1.165, 1.54) is 18.2 Å². The van der Waals surface area contributed by atoms with Crippen LogP contribution in [0.1, 0.15) is 15.9 Å². The summed E-state index contributed by atoms with van der Waals surface area (Å²) in [6, 6.07) is 5.87. The van der Waals surface area contributed by atoms with E-state index in [1.807, 2.05) is 0 Å². The number of benzene rings is 2. The van der Waals surface area contributed by atoms with Crippen LogP contribution in [0.25, 0.3) is 0 Å². The number of hydrogen-bond acceptors (Lipinski definition) is 7. The van der Waals surface area contributed by atoms with Gasteiger partial charge in [0, 0.05) is 17.2 Å². The van der Waals surface area contributed by atoms with Crippen LogP contribution >= 0.6 is 11.6 Å². The summed E-state index contributed by atoms with van der Waals surface area (Å²) < 4.78 is 0. The minimum Gasteiger partial charge on any atom is -0.504 e. The maximum absolute atomic E-state index is 11.9. The Morgan fingerprint density at radius 3 is 2.58 bits per heavy atom. The smallest absolute Gasteiger partial charge is 0.288 e. The molecule has 0 aliphatic carbocycles. The standard InChI is InChI=1S/C14H10ClN3O6/c15-9-3-1-7(5-10(9)18(23)24)14(22)17-16-6-8-2-4-11(19)13(21)12(8)20/h1-6,19-21H,(H,17,22)/b16-6+. The Hall–Kier alpha value is -3.33. The zero-order valence-electron chi connectivity index (χ0n) is 11.8. The maximum atomic E-state index is 11.9. The molecule has 0 aliphatic heterocycles. The molecule has 0 spiro atoms. The van der Waals surface area contributed by atoms with Crippen LogP contribution in [0.4, 0.5) is 5.69 Å². The van der Waals surface area contributed by atoms with E-state index < -0.39 is 33.8 Å². The Bertz CT molecular complexity index is 853. The zero-order valence-corrected chi connectivity index (χ0v) is 12.6. The van der Waals surface area contributed by atoms with Crippen molar-refractivity contribution in [3.05, 3.63) is 56.6 Å². The molecule has 9 nitrogen and oxygen atoms in total. The number of aromatic hydroxyl groups is 3. The van der Waals surface area contributed by atoms with Gasteiger partial charge in [0.2, 0.25) is 5.75 Å². The van der Waals surface area contributed by atoms with Crippen LogP contribution in [-0.2, 0) is 0 Å². The first kappa shape index (κ1) is 17.0. The molecule has 0 atom stereocenters. The van der Waals surface area contributed by atoms with Crippen LogP contribution in [0.2, 0.25) is 5.02 Å². The molecule has 2 rings (SSSR count). The quantitative estimate of drug-likeness (QED) is 0.287. The summed E-state index contributed by atoms with van der Waals surface area (Å²) in [5.41, 5.74) is 1.68. The van der Waals surface area contributed by atoms with Gasteiger partial charge in [-0.05, 0) is 24.3 Å². The normalized spacial score (nSPS) is 10.7. The van der Waals surface area contributed by atoms with Gasteiger partial charge < -0.3 is 15.3 Å². The molecule has 0 aromatic heterocycles. The predicted molar refractivity (Wildman–Crippen MR) is 84.6 cm³/mol. The Balaban J connectivity index is 2.15. The average molecular weight is 352 g/mol. The third-order valence-corrected chi connectivity index (χ3v) is 3.26. The van der Waals surface area contributed by atoms with Gasteiger partial charge >= 0.3 is 0 Å². The summed E-state index contributed by atoms with van der Waals surface area (Å²) >= 11 is 5.65. The van der Waals surface area contributed by atoms with Gasteiger partial charge in [-0.3, -0.25) is 14.9 Å². The minimum absolute atomic E-state index is 0.0349. The number of hydrazone groups is 1. The lowest BCUT2D eigenvalue weighted by Crippen LogP contribution is -2.17. The van der Waals surface area contributed by atoms with Crippen molar-refractivity contribution in [3.63, 3.8) is 0 Å². The van der Waals surface area contributed by atoms with E-state index in [0.717, 1.165) is 18.3 Å². The highest BCUT2D eigenvalue weighted by Gasteiger charge is 2.16. The molecule has 0 unspecified atom stereocenters. The average Bonchev–Trinajstić information content (AvgIpc) is 2.54. The van der Waals surface area contributed by atoms with Crippen LogP contribution in [0, 0.1) is 10.1 Å². The van der Waals surface area contributed by atoms with E-state index in [9.17, 15) is 30.2 Å². The largest absolute Gasteiger partial charge is 0.504 e. The molecule has 1 amide bonds. The number of carbonyl (C=O) groups is 1. The Morgan fingerprint density at radius 1 is 1.21 bits per heavy atom. The predicted octanol–water partition coefficient (Wildman–Crippen LogP) is 2.13. The number of phenols is 3. The van der Waals surface area contributed by atoms with Crippen LogP contribution in [0.3, 0.4) is 0 Å². The third-order valence-electron chi connectivity index (χ3n) is 2.94. The zero-order chi connectivity index (χ0) is 17.9. The molecule has 0 saturated heterocycles. The second-order valence-corrected chi connectivity index (χ2v) is 4.90. The molecule has 0 fully saturated rings. The first-order chi connectivity index (χ1) is 11.3. The maximum Gasteiger partial charge on any atom is 0.288 e. The molecule has 0 heterocycles. The number of phenolic OH excluding ortho intramolecular Hbond substituents is 3. The highest BCUT2D eigenvalue weighted by atomic mass is 35.5. The molecule has 4 N–H and O–H groups in total. The van der Waals surface area contributed by atoms with Crippen LogP contribution in [0.5, 0.6) is 17.2 Å². The van der Waals surface area contributed by atoms with Crippen LogP contribution in [-0.4, -0.2) is 32.4 Å². The van der Waals surface area contributed by atoms with Crippen molar-refractivity contribution < 1.29 is 25.0 Å². The summed E-state index contributed by atoms with van der Waals surface area (Å²) in [6.07, 6.45) is 1.02. The number of carbonyl (C=O) groups excluding carboxylic acids is 1. The van der Waals surface area contributed by atoms with Gasteiger partial charge in [-0.2, -0.15) is 5.10 Å². The lowest BCUT2D eigenvalue weighted by molar-refractivity contribution is -0.384. The SMILES string of the molecule is O=C(N/N=C/c1ccc(O)c(O)c1O)c1ccc(Cl)c([N+](=O)[O-])c1. The lowest BCUT2D eigenvalue weighted by atomic mass is 10.2. The second-order valence-electron chi connectivity index (χ2n) is 4.49. The van der Waals surface area contributed by atoms with E-state index in [2.05, 4.69) is 10.5 Å². The van der Waals surface area contributed by atoms with Gasteiger partial charge in [-0.15, -0.1) is 0 Å². The highest BCUT2D eigenvalue weighted by Crippen LogP contribution is 2.36. The van der Waals surface area contributed by atoms with Crippen molar-refractivity contribution in [2.75, 3.05) is 0 Å². The summed E-state index contributed by atoms with van der Waals surface area (Å²) in [5.74, 6) is -2.59. The van der Waals surface area contributed by atoms with Crippen molar-refractivity contribution in [1.82, 2.24) is 5.43 Å². The highest BCUT2D eigenvalue weighted by molar-refractivity contribution is 6.32. The number of nitro benzene ring substituents is 1. The van der Waals surface area contributed by atoms with Gasteiger partial charge in [0.15, 0.2) is 11.5 Å². The fourth-order valence-electron chi connectivity index (χ4n) is 1.71. The van der Waals surface area contributed by atoms with E-state index in [1.54, 1.807) is 0 Å². The minimum atomic E-state index is -0.742. The number of nitrogens with zero attached hydrogens (tertiary/aromatic N) is 2. The molecule has 0 radical (unpaired) electrons. The Morgan fingerprint density at radius 2 is 1.92 bits per heavy atom. The molecule has 0 saturated carbocycles. The molecule has 124 valence electrons. The molecule has 2 aromatic carbocycles. The van der Waals surface area contributed by atoms with E-state index in [4.69, 9.17) is 11.6 Å². The number of nitrogens with one attached hydrogen (secondary N) is 1. The van der Waals surface area contributed by atoms with Gasteiger partial charge in [-0.25, -0.2) is 5.43 Å². The summed E-state index contributed by atoms with van der Waals surface area (Å²) in [5, 5.41) is 42.4. The van der Waals surface area contributed by atoms with E-state index in [0.29, 0.717) is 0 Å². The monoisotopic (exact) mass is 351 g/mol. The van der Waals surface area contributed by atoms with Crippen molar-refractivity contribution >= 4 is 29.4 Å². The number of rotatable bonds is 4. The lowest BCUT2D eigenvalue weighted by Gasteiger charge is -2.04. The first-order valence-corrected chi connectivity index (χ1v) is 6.70. The number of halogens is 1. The van der Waals surface area contributed by atoms with Gasteiger partial charge in [0.25, 0.3) is 11.6 Å². The fraction of sp³-hybridized carbons (Fsp3) is 0. The number of amides is 1. The van der Waals surface area contributed by atoms with Crippen LogP contribution in [0.15, 0.2) is 35.4 Å². The molecular weight excluding hydrogens is 342 g/mol. The second kappa shape index (κ2) is 6.84. The van der Waals surface area contributed by atoms with Crippen molar-refractivity contribution in [2.45, 2.75) is 0 Å². The van der Waals surface area contributed by atoms with Gasteiger partial charge in [0.05, 0.1) is 11.1 Å². The molecule has 0 bridgehead atoms. The summed E-state index contributed by atoms with van der Waals surface area (Å²) in [7, 11) is 0. The van der Waals surface area contributed by atoms with Crippen molar-refractivity contribution in [3.8, 4) is 17.2 Å². The molecular formula is C14H10ClN3O6. The molecule has 24 heavy (non-hydrogen) atoms. The van der Waals surface area contributed by atoms with Crippen molar-refractivity contribution in [2.24, 2.45) is 5.10 Å². The van der Waals surface area contributed by atoms with E-state index >= 15 is 0 Å². The summed E-state index contributed by atoms with van der Waals surface area (Å²) in [4.78, 5) is 21.9. The fourth-order valence-corrected chi connectivity index (χ4v) is 1.89. The first-order valence-electron chi connectivity index (χ1n) is 6.32. The van der Waals surface area contributed by atoms with Crippen LogP contribution < -0.4 is 5.43 Å². The number of nitro groups is 1. The van der Waals surface area contributed by atoms with Crippen molar-refractivity contribution in [1.29, 1.82) is 0 Å². The van der Waals surface area contributed by atoms with Gasteiger partial charge in [0.1, 0.15) is 5.02 Å². The Labute approximate surface area is 139 Å². The molecule has 10 heteroatoms. The summed E-state index contributed by atoms with van der Waals surface area (Å²) in [6.45, 7) is 0. The molecule has 0 aliphatic rings. The Kier molecular flexibility index (Phi) is 4.85. The topological polar surface area (TPSA) is 145 Å². The molecule has 2 aromatic rings. The van der Waals surface area contributed by atoms with Gasteiger partial charge in [-0.1, -0.05) is 11.6 Å². The number of hydrogen-bond donors (Lipinski definition) is 4. The third kappa shape index (κ3) is 3.52. The van der Waals surface area contributed by atoms with E-state index in [-0.39, 0.29) is 16.1 Å².